The largest absolute Gasteiger partial charge is 0.490 e. The van der Waals surface area contributed by atoms with Gasteiger partial charge in [-0.05, 0) is 84.0 Å². The second kappa shape index (κ2) is 14.6. The Hall–Kier alpha value is -4.77. The lowest BCUT2D eigenvalue weighted by atomic mass is 10.0. The van der Waals surface area contributed by atoms with Gasteiger partial charge in [-0.15, -0.1) is 0 Å². The van der Waals surface area contributed by atoms with Crippen molar-refractivity contribution < 1.29 is 23.8 Å². The van der Waals surface area contributed by atoms with E-state index in [-0.39, 0.29) is 18.5 Å². The van der Waals surface area contributed by atoms with Gasteiger partial charge in [-0.3, -0.25) is 4.79 Å². The quantitative estimate of drug-likeness (QED) is 0.0667. The molecule has 4 aromatic carbocycles. The number of amides is 1. The molecule has 0 bridgehead atoms. The van der Waals surface area contributed by atoms with Crippen molar-refractivity contribution in [2.45, 2.75) is 20.5 Å². The van der Waals surface area contributed by atoms with Gasteiger partial charge in [0.15, 0.2) is 11.5 Å². The van der Waals surface area contributed by atoms with E-state index in [1.807, 2.05) is 85.8 Å². The van der Waals surface area contributed by atoms with Gasteiger partial charge in [0.2, 0.25) is 0 Å². The predicted molar refractivity (Wildman–Crippen MR) is 179 cm³/mol. The number of hydrogen-bond donors (Lipinski definition) is 1. The molecule has 0 aliphatic carbocycles. The van der Waals surface area contributed by atoms with Crippen LogP contribution in [0.2, 0.25) is 0 Å². The minimum absolute atomic E-state index is 0.285. The second-order valence-corrected chi connectivity index (χ2v) is 10.8. The standard InChI is InChI=1S/C35H30IN3O5/c1-3-42-32-19-24(18-29(36)33(32)44-22-23-14-16-26(17-15-23)35(41)43-4-2)21-37-39-34(40)28-20-31(25-10-6-5-7-11-25)38-30-13-9-8-12-27(28)30/h5-21H,3-4,22H2,1-2H3,(H,39,40)/b37-21-. The Morgan fingerprint density at radius 3 is 2.39 bits per heavy atom. The van der Waals surface area contributed by atoms with Crippen LogP contribution >= 0.6 is 22.6 Å². The first-order valence-corrected chi connectivity index (χ1v) is 15.2. The van der Waals surface area contributed by atoms with Crippen LogP contribution in [0.5, 0.6) is 11.5 Å². The Bertz CT molecular complexity index is 1810. The molecule has 0 fully saturated rings. The number of hydrazone groups is 1. The maximum atomic E-state index is 13.3. The molecule has 1 amide bonds. The lowest BCUT2D eigenvalue weighted by molar-refractivity contribution is 0.0526. The number of nitrogens with one attached hydrogen (secondary N) is 1. The zero-order chi connectivity index (χ0) is 30.9. The molecule has 0 atom stereocenters. The van der Waals surface area contributed by atoms with Crippen LogP contribution in [0.25, 0.3) is 22.2 Å². The van der Waals surface area contributed by atoms with Gasteiger partial charge in [0, 0.05) is 10.9 Å². The van der Waals surface area contributed by atoms with Gasteiger partial charge in [0.05, 0.1) is 45.3 Å². The van der Waals surface area contributed by atoms with Gasteiger partial charge < -0.3 is 14.2 Å². The molecule has 44 heavy (non-hydrogen) atoms. The fraction of sp³-hybridized carbons (Fsp3) is 0.143. The fourth-order valence-electron chi connectivity index (χ4n) is 4.52. The highest BCUT2D eigenvalue weighted by molar-refractivity contribution is 14.1. The van der Waals surface area contributed by atoms with Crippen molar-refractivity contribution in [1.82, 2.24) is 10.4 Å². The first-order chi connectivity index (χ1) is 21.5. The van der Waals surface area contributed by atoms with Gasteiger partial charge in [0.25, 0.3) is 5.91 Å². The Morgan fingerprint density at radius 2 is 1.64 bits per heavy atom. The number of aromatic nitrogens is 1. The van der Waals surface area contributed by atoms with E-state index in [1.165, 1.54) is 0 Å². The number of para-hydroxylation sites is 1. The SMILES string of the molecule is CCOC(=O)c1ccc(COc2c(I)cc(/C=N\NC(=O)c3cc(-c4ccccc4)nc4ccccc34)cc2OCC)cc1. The third kappa shape index (κ3) is 7.41. The van der Waals surface area contributed by atoms with Crippen molar-refractivity contribution in [2.75, 3.05) is 13.2 Å². The zero-order valence-electron chi connectivity index (χ0n) is 24.2. The molecule has 222 valence electrons. The molecule has 5 rings (SSSR count). The maximum Gasteiger partial charge on any atom is 0.338 e. The average Bonchev–Trinajstić information content (AvgIpc) is 3.04. The van der Waals surface area contributed by atoms with E-state index < -0.39 is 0 Å². The molecule has 0 radical (unpaired) electrons. The molecule has 8 nitrogen and oxygen atoms in total. The van der Waals surface area contributed by atoms with E-state index in [0.717, 1.165) is 31.2 Å². The number of rotatable bonds is 11. The smallest absolute Gasteiger partial charge is 0.338 e. The number of ether oxygens (including phenoxy) is 3. The monoisotopic (exact) mass is 699 g/mol. The summed E-state index contributed by atoms with van der Waals surface area (Å²) in [6.45, 7) is 4.72. The van der Waals surface area contributed by atoms with E-state index in [9.17, 15) is 9.59 Å². The number of esters is 1. The summed E-state index contributed by atoms with van der Waals surface area (Å²) in [7, 11) is 0. The van der Waals surface area contributed by atoms with Gasteiger partial charge >= 0.3 is 5.97 Å². The maximum absolute atomic E-state index is 13.3. The highest BCUT2D eigenvalue weighted by atomic mass is 127. The Balaban J connectivity index is 1.31. The Kier molecular flexibility index (Phi) is 10.2. The topological polar surface area (TPSA) is 99.1 Å². The van der Waals surface area contributed by atoms with Gasteiger partial charge in [-0.25, -0.2) is 15.2 Å². The Morgan fingerprint density at radius 1 is 0.886 bits per heavy atom. The highest BCUT2D eigenvalue weighted by Gasteiger charge is 2.15. The van der Waals surface area contributed by atoms with Crippen LogP contribution in [0.1, 0.15) is 45.7 Å². The fourth-order valence-corrected chi connectivity index (χ4v) is 5.30. The molecule has 0 saturated heterocycles. The summed E-state index contributed by atoms with van der Waals surface area (Å²) in [5.41, 5.74) is 7.62. The van der Waals surface area contributed by atoms with Crippen molar-refractivity contribution in [2.24, 2.45) is 5.10 Å². The number of nitrogens with zero attached hydrogens (tertiary/aromatic N) is 2. The van der Waals surface area contributed by atoms with E-state index >= 15 is 0 Å². The minimum Gasteiger partial charge on any atom is -0.490 e. The van der Waals surface area contributed by atoms with Crippen LogP contribution in [0.3, 0.4) is 0 Å². The van der Waals surface area contributed by atoms with Crippen LogP contribution in [-0.2, 0) is 11.3 Å². The second-order valence-electron chi connectivity index (χ2n) is 9.61. The number of pyridine rings is 1. The van der Waals surface area contributed by atoms with Gasteiger partial charge in [0.1, 0.15) is 6.61 Å². The molecule has 0 unspecified atom stereocenters. The summed E-state index contributed by atoms with van der Waals surface area (Å²) in [4.78, 5) is 30.0. The number of fused-ring (bicyclic) bond motifs is 1. The van der Waals surface area contributed by atoms with E-state index in [2.05, 4.69) is 33.1 Å². The summed E-state index contributed by atoms with van der Waals surface area (Å²) in [6.07, 6.45) is 1.57. The first kappa shape index (κ1) is 30.7. The summed E-state index contributed by atoms with van der Waals surface area (Å²) in [6, 6.07) is 29.9. The summed E-state index contributed by atoms with van der Waals surface area (Å²) in [5.74, 6) is 0.459. The number of carbonyl (C=O) groups excluding carboxylic acids is 2. The van der Waals surface area contributed by atoms with Crippen molar-refractivity contribution >= 4 is 51.6 Å². The average molecular weight is 700 g/mol. The summed E-state index contributed by atoms with van der Waals surface area (Å²) in [5, 5.41) is 4.99. The van der Waals surface area contributed by atoms with Gasteiger partial charge in [-0.2, -0.15) is 5.10 Å². The van der Waals surface area contributed by atoms with Crippen LogP contribution in [0, 0.1) is 3.57 Å². The third-order valence-electron chi connectivity index (χ3n) is 6.59. The number of benzene rings is 4. The Labute approximate surface area is 269 Å². The molecule has 1 heterocycles. The molecular weight excluding hydrogens is 669 g/mol. The number of carbonyl (C=O) groups is 2. The highest BCUT2D eigenvalue weighted by Crippen LogP contribution is 2.34. The van der Waals surface area contributed by atoms with Crippen molar-refractivity contribution in [3.05, 3.63) is 123 Å². The van der Waals surface area contributed by atoms with E-state index in [1.54, 1.807) is 31.3 Å². The summed E-state index contributed by atoms with van der Waals surface area (Å²) < 4.78 is 17.9. The number of halogens is 1. The molecule has 0 saturated carbocycles. The molecule has 1 aromatic heterocycles. The third-order valence-corrected chi connectivity index (χ3v) is 7.39. The molecule has 0 spiro atoms. The van der Waals surface area contributed by atoms with Crippen LogP contribution in [-0.4, -0.2) is 36.3 Å². The van der Waals surface area contributed by atoms with Gasteiger partial charge in [-0.1, -0.05) is 60.7 Å². The van der Waals surface area contributed by atoms with Crippen molar-refractivity contribution in [3.63, 3.8) is 0 Å². The summed E-state index contributed by atoms with van der Waals surface area (Å²) >= 11 is 2.19. The normalized spacial score (nSPS) is 11.0. The molecular formula is C35H30IN3O5. The van der Waals surface area contributed by atoms with Crippen LogP contribution in [0.4, 0.5) is 0 Å². The minimum atomic E-state index is -0.354. The predicted octanol–water partition coefficient (Wildman–Crippen LogP) is 7.42. The molecule has 9 heteroatoms. The molecule has 5 aromatic rings. The molecule has 0 aliphatic heterocycles. The van der Waals surface area contributed by atoms with Crippen molar-refractivity contribution in [1.29, 1.82) is 0 Å². The lowest BCUT2D eigenvalue weighted by Gasteiger charge is -2.15. The van der Waals surface area contributed by atoms with E-state index in [0.29, 0.717) is 41.5 Å². The first-order valence-electron chi connectivity index (χ1n) is 14.1. The molecule has 0 aliphatic rings. The van der Waals surface area contributed by atoms with E-state index in [4.69, 9.17) is 19.2 Å². The molecule has 1 N–H and O–H groups in total. The number of hydrogen-bond acceptors (Lipinski definition) is 7. The van der Waals surface area contributed by atoms with Crippen LogP contribution in [0.15, 0.2) is 102 Å². The zero-order valence-corrected chi connectivity index (χ0v) is 26.4. The lowest BCUT2D eigenvalue weighted by Crippen LogP contribution is -2.18. The van der Waals surface area contributed by atoms with Crippen molar-refractivity contribution in [3.8, 4) is 22.8 Å². The van der Waals surface area contributed by atoms with Crippen LogP contribution < -0.4 is 14.9 Å².